The van der Waals surface area contributed by atoms with Crippen molar-refractivity contribution in [3.8, 4) is 0 Å². The second kappa shape index (κ2) is 6.57. The summed E-state index contributed by atoms with van der Waals surface area (Å²) in [7, 11) is 0. The van der Waals surface area contributed by atoms with Crippen molar-refractivity contribution in [1.29, 1.82) is 0 Å². The van der Waals surface area contributed by atoms with Gasteiger partial charge in [0.2, 0.25) is 0 Å². The summed E-state index contributed by atoms with van der Waals surface area (Å²) in [5.41, 5.74) is 4.68. The maximum absolute atomic E-state index is 12.9. The molecule has 0 atom stereocenters. The fourth-order valence-corrected chi connectivity index (χ4v) is 3.45. The number of anilines is 1. The largest absolute Gasteiger partial charge is 0.320 e. The zero-order valence-electron chi connectivity index (χ0n) is 13.7. The standard InChI is InChI=1S/C18H17BrClN3O/c1-4-14-16(23-9-12(19)8-10(2)17(23)21-14)18(24)22-15-7-5-6-13(20)11(15)3/h5-9H,4H2,1-3H3,(H,22,24). The smallest absolute Gasteiger partial charge is 0.274 e. The van der Waals surface area contributed by atoms with Crippen LogP contribution in [0.1, 0.15) is 34.2 Å². The Labute approximate surface area is 154 Å². The van der Waals surface area contributed by atoms with Crippen molar-refractivity contribution >= 4 is 44.8 Å². The molecule has 2 heterocycles. The van der Waals surface area contributed by atoms with Gasteiger partial charge < -0.3 is 5.32 Å². The number of amides is 1. The van der Waals surface area contributed by atoms with Crippen LogP contribution >= 0.6 is 27.5 Å². The molecule has 6 heteroatoms. The van der Waals surface area contributed by atoms with E-state index in [0.29, 0.717) is 22.8 Å². The fourth-order valence-electron chi connectivity index (χ4n) is 2.73. The van der Waals surface area contributed by atoms with Gasteiger partial charge in [-0.25, -0.2) is 4.98 Å². The minimum absolute atomic E-state index is 0.192. The van der Waals surface area contributed by atoms with E-state index in [0.717, 1.165) is 26.9 Å². The first-order valence-corrected chi connectivity index (χ1v) is 8.83. The van der Waals surface area contributed by atoms with Crippen LogP contribution in [0.15, 0.2) is 34.9 Å². The number of hydrogen-bond acceptors (Lipinski definition) is 2. The maximum atomic E-state index is 12.9. The predicted octanol–water partition coefficient (Wildman–Crippen LogP) is 5.18. The van der Waals surface area contributed by atoms with E-state index in [4.69, 9.17) is 11.6 Å². The number of pyridine rings is 1. The van der Waals surface area contributed by atoms with Crippen LogP contribution in [0.4, 0.5) is 5.69 Å². The zero-order valence-corrected chi connectivity index (χ0v) is 16.0. The van der Waals surface area contributed by atoms with Gasteiger partial charge in [-0.05, 0) is 65.5 Å². The lowest BCUT2D eigenvalue weighted by Gasteiger charge is -2.10. The monoisotopic (exact) mass is 405 g/mol. The van der Waals surface area contributed by atoms with Crippen molar-refractivity contribution in [3.63, 3.8) is 0 Å². The van der Waals surface area contributed by atoms with Gasteiger partial charge in [0.25, 0.3) is 5.91 Å². The van der Waals surface area contributed by atoms with Gasteiger partial charge in [-0.1, -0.05) is 24.6 Å². The molecule has 0 bridgehead atoms. The predicted molar refractivity (Wildman–Crippen MR) is 101 cm³/mol. The number of hydrogen-bond donors (Lipinski definition) is 1. The Morgan fingerprint density at radius 2 is 2.12 bits per heavy atom. The van der Waals surface area contributed by atoms with E-state index in [9.17, 15) is 4.79 Å². The number of benzene rings is 1. The second-order valence-corrected chi connectivity index (χ2v) is 6.98. The number of carbonyl (C=O) groups is 1. The van der Waals surface area contributed by atoms with E-state index < -0.39 is 0 Å². The second-order valence-electron chi connectivity index (χ2n) is 5.66. The number of aromatic nitrogens is 2. The first-order valence-electron chi connectivity index (χ1n) is 7.66. The van der Waals surface area contributed by atoms with Crippen LogP contribution in [0, 0.1) is 13.8 Å². The Balaban J connectivity index is 2.11. The summed E-state index contributed by atoms with van der Waals surface area (Å²) in [5, 5.41) is 3.58. The highest BCUT2D eigenvalue weighted by atomic mass is 79.9. The Bertz CT molecular complexity index is 949. The molecule has 0 fully saturated rings. The molecular weight excluding hydrogens is 390 g/mol. The average molecular weight is 407 g/mol. The molecule has 0 aliphatic rings. The molecule has 0 unspecified atom stereocenters. The fraction of sp³-hybridized carbons (Fsp3) is 0.222. The lowest BCUT2D eigenvalue weighted by molar-refractivity contribution is 0.102. The molecule has 4 nitrogen and oxygen atoms in total. The summed E-state index contributed by atoms with van der Waals surface area (Å²) >= 11 is 9.63. The van der Waals surface area contributed by atoms with E-state index in [1.165, 1.54) is 0 Å². The van der Waals surface area contributed by atoms with Crippen LogP contribution in [-0.4, -0.2) is 15.3 Å². The number of carbonyl (C=O) groups excluding carboxylic acids is 1. The van der Waals surface area contributed by atoms with Crippen molar-refractivity contribution in [2.75, 3.05) is 5.32 Å². The Morgan fingerprint density at radius 1 is 1.38 bits per heavy atom. The Kier molecular flexibility index (Phi) is 4.65. The van der Waals surface area contributed by atoms with Crippen molar-refractivity contribution in [2.24, 2.45) is 0 Å². The molecule has 0 spiro atoms. The van der Waals surface area contributed by atoms with E-state index in [-0.39, 0.29) is 5.91 Å². The average Bonchev–Trinajstić information content (AvgIpc) is 2.90. The quantitative estimate of drug-likeness (QED) is 0.651. The highest BCUT2D eigenvalue weighted by Gasteiger charge is 2.20. The third-order valence-corrected chi connectivity index (χ3v) is 4.85. The summed E-state index contributed by atoms with van der Waals surface area (Å²) in [6.45, 7) is 5.86. The van der Waals surface area contributed by atoms with Crippen LogP contribution in [0.3, 0.4) is 0 Å². The van der Waals surface area contributed by atoms with E-state index in [1.54, 1.807) is 6.07 Å². The number of aryl methyl sites for hydroxylation is 2. The number of nitrogens with zero attached hydrogens (tertiary/aromatic N) is 2. The van der Waals surface area contributed by atoms with Gasteiger partial charge in [0.15, 0.2) is 0 Å². The van der Waals surface area contributed by atoms with Crippen molar-refractivity contribution in [3.05, 3.63) is 62.5 Å². The van der Waals surface area contributed by atoms with Crippen LogP contribution in [0.5, 0.6) is 0 Å². The molecule has 0 saturated carbocycles. The van der Waals surface area contributed by atoms with Crippen LogP contribution < -0.4 is 5.32 Å². The number of halogens is 2. The molecule has 0 aliphatic carbocycles. The molecule has 2 aromatic heterocycles. The zero-order chi connectivity index (χ0) is 17.4. The molecule has 1 aromatic carbocycles. The van der Waals surface area contributed by atoms with E-state index in [1.807, 2.05) is 49.6 Å². The minimum atomic E-state index is -0.192. The Morgan fingerprint density at radius 3 is 2.83 bits per heavy atom. The molecule has 3 aromatic rings. The normalized spacial score (nSPS) is 11.0. The SMILES string of the molecule is CCc1nc2c(C)cc(Br)cn2c1C(=O)Nc1cccc(Cl)c1C. The first-order chi connectivity index (χ1) is 11.4. The first kappa shape index (κ1) is 17.0. The number of rotatable bonds is 3. The van der Waals surface area contributed by atoms with E-state index >= 15 is 0 Å². The van der Waals surface area contributed by atoms with Gasteiger partial charge in [-0.15, -0.1) is 0 Å². The maximum Gasteiger partial charge on any atom is 0.274 e. The van der Waals surface area contributed by atoms with Crippen LogP contribution in [-0.2, 0) is 6.42 Å². The molecule has 1 amide bonds. The third kappa shape index (κ3) is 2.94. The van der Waals surface area contributed by atoms with Gasteiger partial charge in [-0.2, -0.15) is 0 Å². The molecule has 3 rings (SSSR count). The van der Waals surface area contributed by atoms with E-state index in [2.05, 4.69) is 26.2 Å². The summed E-state index contributed by atoms with van der Waals surface area (Å²) in [4.78, 5) is 17.6. The van der Waals surface area contributed by atoms with Crippen molar-refractivity contribution in [2.45, 2.75) is 27.2 Å². The highest BCUT2D eigenvalue weighted by molar-refractivity contribution is 9.10. The third-order valence-electron chi connectivity index (χ3n) is 4.01. The molecule has 0 saturated heterocycles. The minimum Gasteiger partial charge on any atom is -0.320 e. The molecule has 124 valence electrons. The van der Waals surface area contributed by atoms with Gasteiger partial charge in [0.1, 0.15) is 11.3 Å². The molecule has 1 N–H and O–H groups in total. The van der Waals surface area contributed by atoms with Crippen LogP contribution in [0.2, 0.25) is 5.02 Å². The van der Waals surface area contributed by atoms with Gasteiger partial charge in [0.05, 0.1) is 5.69 Å². The molecule has 0 radical (unpaired) electrons. The van der Waals surface area contributed by atoms with Crippen LogP contribution in [0.25, 0.3) is 5.65 Å². The topological polar surface area (TPSA) is 46.4 Å². The highest BCUT2D eigenvalue weighted by Crippen LogP contribution is 2.25. The number of imidazole rings is 1. The molecular formula is C18H17BrClN3O. The molecule has 0 aliphatic heterocycles. The number of fused-ring (bicyclic) bond motifs is 1. The van der Waals surface area contributed by atoms with Gasteiger partial charge >= 0.3 is 0 Å². The molecule has 24 heavy (non-hydrogen) atoms. The number of nitrogens with one attached hydrogen (secondary N) is 1. The summed E-state index contributed by atoms with van der Waals surface area (Å²) in [6.07, 6.45) is 2.55. The Hall–Kier alpha value is -1.85. The van der Waals surface area contributed by atoms with Crippen molar-refractivity contribution < 1.29 is 4.79 Å². The van der Waals surface area contributed by atoms with Crippen molar-refractivity contribution in [1.82, 2.24) is 9.38 Å². The van der Waals surface area contributed by atoms with Gasteiger partial charge in [0, 0.05) is 21.4 Å². The summed E-state index contributed by atoms with van der Waals surface area (Å²) in [6, 6.07) is 7.46. The summed E-state index contributed by atoms with van der Waals surface area (Å²) < 4.78 is 2.74. The lowest BCUT2D eigenvalue weighted by atomic mass is 10.2. The summed E-state index contributed by atoms with van der Waals surface area (Å²) in [5.74, 6) is -0.192. The lowest BCUT2D eigenvalue weighted by Crippen LogP contribution is -2.17. The van der Waals surface area contributed by atoms with Gasteiger partial charge in [-0.3, -0.25) is 9.20 Å².